The van der Waals surface area contributed by atoms with Gasteiger partial charge in [0.2, 0.25) is 0 Å². The molecule has 0 saturated carbocycles. The van der Waals surface area contributed by atoms with E-state index in [1.807, 2.05) is 13.8 Å². The molecule has 5 heteroatoms. The number of alkyl halides is 1. The van der Waals surface area contributed by atoms with Gasteiger partial charge in [-0.05, 0) is 32.0 Å². The Kier molecular flexibility index (Phi) is 5.46. The van der Waals surface area contributed by atoms with Crippen LogP contribution in [0.15, 0.2) is 22.7 Å². The minimum absolute atomic E-state index is 0.0124. The molecule has 0 aliphatic carbocycles. The third-order valence-corrected chi connectivity index (χ3v) is 3.25. The summed E-state index contributed by atoms with van der Waals surface area (Å²) in [4.78, 5) is 14.0. The fraction of sp³-hybridized carbons (Fsp3) is 0.417. The Morgan fingerprint density at radius 3 is 2.65 bits per heavy atom. The van der Waals surface area contributed by atoms with E-state index in [4.69, 9.17) is 0 Å². The largest absolute Gasteiger partial charge is 0.507 e. The monoisotopic (exact) mass is 363 g/mol. The lowest BCUT2D eigenvalue weighted by Crippen LogP contribution is -2.38. The van der Waals surface area contributed by atoms with Gasteiger partial charge in [-0.15, -0.1) is 0 Å². The standard InChI is InChI=1S/C12H15Br2NO2/c1-8(2)15(6-5-13)12(17)10-7-9(14)3-4-11(10)16/h3-4,7-8,16H,5-6H2,1-2H3. The molecule has 1 amide bonds. The molecule has 1 aromatic rings. The van der Waals surface area contributed by atoms with Crippen LogP contribution in [0.3, 0.4) is 0 Å². The molecule has 0 aliphatic rings. The zero-order valence-electron chi connectivity index (χ0n) is 9.78. The maximum absolute atomic E-state index is 12.3. The highest BCUT2D eigenvalue weighted by atomic mass is 79.9. The normalized spacial score (nSPS) is 10.6. The first-order chi connectivity index (χ1) is 7.97. The summed E-state index contributed by atoms with van der Waals surface area (Å²) >= 11 is 6.63. The van der Waals surface area contributed by atoms with E-state index < -0.39 is 0 Å². The van der Waals surface area contributed by atoms with Crippen molar-refractivity contribution in [3.8, 4) is 5.75 Å². The summed E-state index contributed by atoms with van der Waals surface area (Å²) in [5.41, 5.74) is 0.328. The SMILES string of the molecule is CC(C)N(CCBr)C(=O)c1cc(Br)ccc1O. The predicted molar refractivity (Wildman–Crippen MR) is 75.8 cm³/mol. The molecule has 0 fully saturated rings. The van der Waals surface area contributed by atoms with E-state index >= 15 is 0 Å². The number of nitrogens with zero attached hydrogens (tertiary/aromatic N) is 1. The van der Waals surface area contributed by atoms with E-state index in [9.17, 15) is 9.90 Å². The van der Waals surface area contributed by atoms with Crippen LogP contribution in [0.1, 0.15) is 24.2 Å². The molecule has 0 spiro atoms. The lowest BCUT2D eigenvalue weighted by molar-refractivity contribution is 0.0716. The topological polar surface area (TPSA) is 40.5 Å². The molecule has 1 N–H and O–H groups in total. The highest BCUT2D eigenvalue weighted by molar-refractivity contribution is 9.10. The molecule has 0 aliphatic heterocycles. The van der Waals surface area contributed by atoms with E-state index in [2.05, 4.69) is 31.9 Å². The van der Waals surface area contributed by atoms with E-state index in [0.717, 1.165) is 4.47 Å². The molecule has 0 bridgehead atoms. The predicted octanol–water partition coefficient (Wildman–Crippen LogP) is 3.40. The molecule has 3 nitrogen and oxygen atoms in total. The third-order valence-electron chi connectivity index (χ3n) is 2.40. The van der Waals surface area contributed by atoms with Crippen LogP contribution >= 0.6 is 31.9 Å². The molecule has 17 heavy (non-hydrogen) atoms. The second kappa shape index (κ2) is 6.40. The molecule has 94 valence electrons. The fourth-order valence-electron chi connectivity index (χ4n) is 1.52. The maximum atomic E-state index is 12.3. The molecule has 0 radical (unpaired) electrons. The van der Waals surface area contributed by atoms with Crippen LogP contribution in [-0.4, -0.2) is 33.8 Å². The average molecular weight is 365 g/mol. The van der Waals surface area contributed by atoms with Gasteiger partial charge in [-0.1, -0.05) is 31.9 Å². The summed E-state index contributed by atoms with van der Waals surface area (Å²) in [6, 6.07) is 4.96. The van der Waals surface area contributed by atoms with E-state index in [0.29, 0.717) is 17.4 Å². The second-order valence-electron chi connectivity index (χ2n) is 3.94. The lowest BCUT2D eigenvalue weighted by atomic mass is 10.1. The summed E-state index contributed by atoms with van der Waals surface area (Å²) in [5, 5.41) is 10.4. The van der Waals surface area contributed by atoms with Crippen LogP contribution in [-0.2, 0) is 0 Å². The molecule has 0 heterocycles. The quantitative estimate of drug-likeness (QED) is 0.832. The number of phenols is 1. The van der Waals surface area contributed by atoms with E-state index in [-0.39, 0.29) is 17.7 Å². The molecular weight excluding hydrogens is 350 g/mol. The van der Waals surface area contributed by atoms with Gasteiger partial charge < -0.3 is 10.0 Å². The van der Waals surface area contributed by atoms with Crippen molar-refractivity contribution in [3.63, 3.8) is 0 Å². The number of aromatic hydroxyl groups is 1. The van der Waals surface area contributed by atoms with E-state index in [1.165, 1.54) is 6.07 Å². The third kappa shape index (κ3) is 3.71. The lowest BCUT2D eigenvalue weighted by Gasteiger charge is -2.26. The Morgan fingerprint density at radius 2 is 2.12 bits per heavy atom. The van der Waals surface area contributed by atoms with Gasteiger partial charge in [0.15, 0.2) is 0 Å². The van der Waals surface area contributed by atoms with Crippen molar-refractivity contribution in [3.05, 3.63) is 28.2 Å². The van der Waals surface area contributed by atoms with Gasteiger partial charge in [0.1, 0.15) is 5.75 Å². The van der Waals surface area contributed by atoms with Crippen molar-refractivity contribution in [2.24, 2.45) is 0 Å². The van der Waals surface area contributed by atoms with Crippen LogP contribution in [0.4, 0.5) is 0 Å². The van der Waals surface area contributed by atoms with Crippen LogP contribution in [0, 0.1) is 0 Å². The van der Waals surface area contributed by atoms with Crippen molar-refractivity contribution < 1.29 is 9.90 Å². The summed E-state index contributed by atoms with van der Waals surface area (Å²) in [7, 11) is 0. The number of amides is 1. The Labute approximate surface area is 118 Å². The summed E-state index contributed by atoms with van der Waals surface area (Å²) in [6.45, 7) is 4.52. The summed E-state index contributed by atoms with van der Waals surface area (Å²) < 4.78 is 0.779. The van der Waals surface area contributed by atoms with Gasteiger partial charge in [0.05, 0.1) is 5.56 Å². The first-order valence-corrected chi connectivity index (χ1v) is 7.24. The number of hydrogen-bond donors (Lipinski definition) is 1. The van der Waals surface area contributed by atoms with Crippen molar-refractivity contribution in [2.45, 2.75) is 19.9 Å². The number of rotatable bonds is 4. The number of carbonyl (C=O) groups is 1. The second-order valence-corrected chi connectivity index (χ2v) is 5.65. The minimum atomic E-state index is -0.154. The number of phenolic OH excluding ortho intramolecular Hbond substituents is 1. The number of carbonyl (C=O) groups excluding carboxylic acids is 1. The van der Waals surface area contributed by atoms with Crippen molar-refractivity contribution in [1.29, 1.82) is 0 Å². The van der Waals surface area contributed by atoms with Crippen molar-refractivity contribution in [1.82, 2.24) is 4.90 Å². The number of benzene rings is 1. The van der Waals surface area contributed by atoms with E-state index in [1.54, 1.807) is 17.0 Å². The Morgan fingerprint density at radius 1 is 1.47 bits per heavy atom. The zero-order valence-corrected chi connectivity index (χ0v) is 13.0. The Balaban J connectivity index is 3.04. The average Bonchev–Trinajstić information content (AvgIpc) is 2.28. The van der Waals surface area contributed by atoms with Gasteiger partial charge in [-0.3, -0.25) is 4.79 Å². The molecular formula is C12H15Br2NO2. The van der Waals surface area contributed by atoms with Gasteiger partial charge in [-0.2, -0.15) is 0 Å². The minimum Gasteiger partial charge on any atom is -0.507 e. The molecule has 0 unspecified atom stereocenters. The molecule has 1 aromatic carbocycles. The summed E-state index contributed by atoms with van der Waals surface area (Å²) in [6.07, 6.45) is 0. The zero-order chi connectivity index (χ0) is 13.0. The van der Waals surface area contributed by atoms with Gasteiger partial charge in [0, 0.05) is 22.4 Å². The van der Waals surface area contributed by atoms with Crippen molar-refractivity contribution >= 4 is 37.8 Å². The Hall–Kier alpha value is -0.550. The molecule has 1 rings (SSSR count). The summed E-state index contributed by atoms with van der Waals surface area (Å²) in [5.74, 6) is -0.142. The first kappa shape index (κ1) is 14.5. The Bertz CT molecular complexity index is 407. The van der Waals surface area contributed by atoms with Crippen LogP contribution < -0.4 is 0 Å². The van der Waals surface area contributed by atoms with Gasteiger partial charge in [-0.25, -0.2) is 0 Å². The van der Waals surface area contributed by atoms with Crippen LogP contribution in [0.5, 0.6) is 5.75 Å². The highest BCUT2D eigenvalue weighted by Gasteiger charge is 2.20. The van der Waals surface area contributed by atoms with Gasteiger partial charge in [0.25, 0.3) is 5.91 Å². The highest BCUT2D eigenvalue weighted by Crippen LogP contribution is 2.24. The number of hydrogen-bond acceptors (Lipinski definition) is 2. The first-order valence-electron chi connectivity index (χ1n) is 5.32. The van der Waals surface area contributed by atoms with Crippen LogP contribution in [0.2, 0.25) is 0 Å². The number of halogens is 2. The van der Waals surface area contributed by atoms with Crippen molar-refractivity contribution in [2.75, 3.05) is 11.9 Å². The molecule has 0 aromatic heterocycles. The molecule has 0 atom stereocenters. The smallest absolute Gasteiger partial charge is 0.257 e. The van der Waals surface area contributed by atoms with Crippen LogP contribution in [0.25, 0.3) is 0 Å². The maximum Gasteiger partial charge on any atom is 0.257 e. The molecule has 0 saturated heterocycles. The van der Waals surface area contributed by atoms with Gasteiger partial charge >= 0.3 is 0 Å². The fourth-order valence-corrected chi connectivity index (χ4v) is 2.26.